The lowest BCUT2D eigenvalue weighted by Gasteiger charge is -2.13. The number of carboxylic acids is 1. The highest BCUT2D eigenvalue weighted by Crippen LogP contribution is 2.33. The molecule has 5 nitrogen and oxygen atoms in total. The van der Waals surface area contributed by atoms with Gasteiger partial charge in [0.25, 0.3) is 0 Å². The van der Waals surface area contributed by atoms with Crippen molar-refractivity contribution in [1.29, 1.82) is 0 Å². The molecule has 0 radical (unpaired) electrons. The molecule has 0 aliphatic rings. The highest BCUT2D eigenvalue weighted by atomic mass is 16.5. The van der Waals surface area contributed by atoms with Gasteiger partial charge in [0.05, 0.1) is 20.6 Å². The molecular weight excluding hydrogens is 282 g/mol. The Balaban J connectivity index is 2.32. The minimum atomic E-state index is -0.911. The van der Waals surface area contributed by atoms with Crippen LogP contribution in [0.5, 0.6) is 11.5 Å². The van der Waals surface area contributed by atoms with Gasteiger partial charge in [0.15, 0.2) is 0 Å². The molecule has 0 aliphatic heterocycles. The predicted molar refractivity (Wildman–Crippen MR) is 84.2 cm³/mol. The molecule has 2 aromatic rings. The van der Waals surface area contributed by atoms with Gasteiger partial charge in [-0.05, 0) is 29.3 Å². The standard InChI is InChI=1S/C17H19NO4/c1-21-13-7-8-16(22-2)14(9-13)11-3-5-12(6-4-11)15(18)10-17(19)20/h3-9,15H,10,18H2,1-2H3,(H,19,20). The van der Waals surface area contributed by atoms with Crippen LogP contribution in [0.25, 0.3) is 11.1 Å². The quantitative estimate of drug-likeness (QED) is 0.857. The number of rotatable bonds is 6. The van der Waals surface area contributed by atoms with Crippen LogP contribution >= 0.6 is 0 Å². The van der Waals surface area contributed by atoms with E-state index in [-0.39, 0.29) is 6.42 Å². The molecule has 1 atom stereocenters. The number of hydrogen-bond donors (Lipinski definition) is 2. The number of carboxylic acid groups (broad SMARTS) is 1. The molecule has 0 amide bonds. The third-order valence-electron chi connectivity index (χ3n) is 3.45. The highest BCUT2D eigenvalue weighted by Gasteiger charge is 2.12. The first-order chi connectivity index (χ1) is 10.5. The van der Waals surface area contributed by atoms with Crippen molar-refractivity contribution in [1.82, 2.24) is 0 Å². The first-order valence-electron chi connectivity index (χ1n) is 6.85. The highest BCUT2D eigenvalue weighted by molar-refractivity contribution is 5.72. The molecule has 116 valence electrons. The SMILES string of the molecule is COc1ccc(OC)c(-c2ccc(C(N)CC(=O)O)cc2)c1. The number of carbonyl (C=O) groups is 1. The van der Waals surface area contributed by atoms with E-state index in [2.05, 4.69) is 0 Å². The number of nitrogens with two attached hydrogens (primary N) is 1. The predicted octanol–water partition coefficient (Wildman–Crippen LogP) is 2.85. The van der Waals surface area contributed by atoms with Crippen LogP contribution in [0.3, 0.4) is 0 Å². The Hall–Kier alpha value is -2.53. The number of aliphatic carboxylic acids is 1. The number of benzene rings is 2. The van der Waals surface area contributed by atoms with E-state index in [1.807, 2.05) is 42.5 Å². The summed E-state index contributed by atoms with van der Waals surface area (Å²) in [7, 11) is 3.22. The second kappa shape index (κ2) is 6.95. The fourth-order valence-corrected chi connectivity index (χ4v) is 2.26. The Morgan fingerprint density at radius 3 is 2.36 bits per heavy atom. The second-order valence-electron chi connectivity index (χ2n) is 4.89. The van der Waals surface area contributed by atoms with Crippen LogP contribution < -0.4 is 15.2 Å². The average Bonchev–Trinajstić information content (AvgIpc) is 2.53. The first kappa shape index (κ1) is 15.9. The van der Waals surface area contributed by atoms with E-state index in [1.54, 1.807) is 14.2 Å². The van der Waals surface area contributed by atoms with Crippen LogP contribution in [0.1, 0.15) is 18.0 Å². The molecule has 0 spiro atoms. The van der Waals surface area contributed by atoms with Crippen molar-refractivity contribution in [3.63, 3.8) is 0 Å². The lowest BCUT2D eigenvalue weighted by atomic mass is 9.99. The van der Waals surface area contributed by atoms with Crippen molar-refractivity contribution >= 4 is 5.97 Å². The maximum atomic E-state index is 10.7. The Bertz CT molecular complexity index is 652. The zero-order valence-corrected chi connectivity index (χ0v) is 12.6. The van der Waals surface area contributed by atoms with Crippen molar-refractivity contribution < 1.29 is 19.4 Å². The molecule has 3 N–H and O–H groups in total. The van der Waals surface area contributed by atoms with Crippen LogP contribution in [0.4, 0.5) is 0 Å². The summed E-state index contributed by atoms with van der Waals surface area (Å²) in [5, 5.41) is 8.79. The normalized spacial score (nSPS) is 11.8. The van der Waals surface area contributed by atoms with Crippen molar-refractivity contribution in [2.75, 3.05) is 14.2 Å². The molecule has 5 heteroatoms. The van der Waals surface area contributed by atoms with Crippen molar-refractivity contribution in [3.8, 4) is 22.6 Å². The summed E-state index contributed by atoms with van der Waals surface area (Å²) in [5.74, 6) is 0.567. The van der Waals surface area contributed by atoms with Gasteiger partial charge in [0.2, 0.25) is 0 Å². The van der Waals surface area contributed by atoms with E-state index >= 15 is 0 Å². The maximum Gasteiger partial charge on any atom is 0.305 e. The molecule has 2 rings (SSSR count). The third-order valence-corrected chi connectivity index (χ3v) is 3.45. The summed E-state index contributed by atoms with van der Waals surface area (Å²) < 4.78 is 10.6. The monoisotopic (exact) mass is 301 g/mol. The van der Waals surface area contributed by atoms with Gasteiger partial charge >= 0.3 is 5.97 Å². The van der Waals surface area contributed by atoms with Crippen LogP contribution in [0.2, 0.25) is 0 Å². The van der Waals surface area contributed by atoms with E-state index in [0.29, 0.717) is 0 Å². The Kier molecular flexibility index (Phi) is 5.01. The second-order valence-corrected chi connectivity index (χ2v) is 4.89. The maximum absolute atomic E-state index is 10.7. The summed E-state index contributed by atoms with van der Waals surface area (Å²) in [5.41, 5.74) is 8.50. The Morgan fingerprint density at radius 1 is 1.14 bits per heavy atom. The van der Waals surface area contributed by atoms with Gasteiger partial charge in [-0.25, -0.2) is 0 Å². The third kappa shape index (κ3) is 3.56. The molecule has 0 heterocycles. The van der Waals surface area contributed by atoms with Crippen molar-refractivity contribution in [2.24, 2.45) is 5.73 Å². The minimum Gasteiger partial charge on any atom is -0.497 e. The zero-order chi connectivity index (χ0) is 16.1. The van der Waals surface area contributed by atoms with E-state index in [9.17, 15) is 4.79 Å². The topological polar surface area (TPSA) is 81.8 Å². The molecule has 0 saturated heterocycles. The van der Waals surface area contributed by atoms with Gasteiger partial charge in [0, 0.05) is 11.6 Å². The lowest BCUT2D eigenvalue weighted by Crippen LogP contribution is -2.14. The summed E-state index contributed by atoms with van der Waals surface area (Å²) in [6, 6.07) is 12.5. The van der Waals surface area contributed by atoms with Crippen LogP contribution in [0.15, 0.2) is 42.5 Å². The Morgan fingerprint density at radius 2 is 1.82 bits per heavy atom. The fraction of sp³-hybridized carbons (Fsp3) is 0.235. The van der Waals surface area contributed by atoms with Gasteiger partial charge in [0.1, 0.15) is 11.5 Å². The lowest BCUT2D eigenvalue weighted by molar-refractivity contribution is -0.137. The zero-order valence-electron chi connectivity index (χ0n) is 12.6. The van der Waals surface area contributed by atoms with Gasteiger partial charge in [-0.15, -0.1) is 0 Å². The summed E-state index contributed by atoms with van der Waals surface area (Å²) >= 11 is 0. The molecule has 0 bridgehead atoms. The van der Waals surface area contributed by atoms with Gasteiger partial charge in [-0.2, -0.15) is 0 Å². The average molecular weight is 301 g/mol. The van der Waals surface area contributed by atoms with E-state index in [0.717, 1.165) is 28.2 Å². The molecule has 0 fully saturated rings. The molecule has 0 aliphatic carbocycles. The summed E-state index contributed by atoms with van der Waals surface area (Å²) in [6.45, 7) is 0. The molecule has 0 aromatic heterocycles. The van der Waals surface area contributed by atoms with Gasteiger partial charge in [-0.3, -0.25) is 4.79 Å². The van der Waals surface area contributed by atoms with Gasteiger partial charge < -0.3 is 20.3 Å². The number of methoxy groups -OCH3 is 2. The molecule has 1 unspecified atom stereocenters. The van der Waals surface area contributed by atoms with Gasteiger partial charge in [-0.1, -0.05) is 24.3 Å². The van der Waals surface area contributed by atoms with E-state index in [4.69, 9.17) is 20.3 Å². The minimum absolute atomic E-state index is 0.0954. The Labute approximate surface area is 129 Å². The molecular formula is C17H19NO4. The number of ether oxygens (including phenoxy) is 2. The molecule has 0 saturated carbocycles. The smallest absolute Gasteiger partial charge is 0.305 e. The summed E-state index contributed by atoms with van der Waals surface area (Å²) in [6.07, 6.45) is -0.0954. The van der Waals surface area contributed by atoms with Crippen LogP contribution in [0, 0.1) is 0 Å². The fourth-order valence-electron chi connectivity index (χ4n) is 2.26. The molecule has 2 aromatic carbocycles. The first-order valence-corrected chi connectivity index (χ1v) is 6.85. The molecule has 22 heavy (non-hydrogen) atoms. The van der Waals surface area contributed by atoms with Crippen molar-refractivity contribution in [2.45, 2.75) is 12.5 Å². The van der Waals surface area contributed by atoms with Crippen molar-refractivity contribution in [3.05, 3.63) is 48.0 Å². The van der Waals surface area contributed by atoms with Crippen LogP contribution in [-0.4, -0.2) is 25.3 Å². The summed E-state index contributed by atoms with van der Waals surface area (Å²) in [4.78, 5) is 10.7. The van der Waals surface area contributed by atoms with E-state index < -0.39 is 12.0 Å². The van der Waals surface area contributed by atoms with Crippen LogP contribution in [-0.2, 0) is 4.79 Å². The largest absolute Gasteiger partial charge is 0.497 e. The van der Waals surface area contributed by atoms with E-state index in [1.165, 1.54) is 0 Å². The number of hydrogen-bond acceptors (Lipinski definition) is 4.